The molecule has 0 aromatic heterocycles. The summed E-state index contributed by atoms with van der Waals surface area (Å²) in [6.45, 7) is 2.02. The Morgan fingerprint density at radius 3 is 2.75 bits per heavy atom. The predicted octanol–water partition coefficient (Wildman–Crippen LogP) is 1.36. The van der Waals surface area contributed by atoms with Gasteiger partial charge in [0.15, 0.2) is 0 Å². The van der Waals surface area contributed by atoms with E-state index in [0.717, 1.165) is 18.4 Å². The van der Waals surface area contributed by atoms with Crippen LogP contribution >= 0.6 is 0 Å². The molecule has 0 bridgehead atoms. The predicted molar refractivity (Wildman–Crippen MR) is 76.7 cm³/mol. The van der Waals surface area contributed by atoms with Crippen LogP contribution in [-0.4, -0.2) is 21.5 Å². The highest BCUT2D eigenvalue weighted by Gasteiger charge is 2.28. The number of nitrogens with one attached hydrogen (secondary N) is 1. The summed E-state index contributed by atoms with van der Waals surface area (Å²) >= 11 is 0. The molecule has 1 aliphatic carbocycles. The largest absolute Gasteiger partial charge is 0.469 e. The normalized spacial score (nSPS) is 19.6. The Morgan fingerprint density at radius 2 is 2.20 bits per heavy atom. The molecule has 6 nitrogen and oxygen atoms in total. The SMILES string of the molecule is CCC=CCC1=C(NS(N)(=O)=O)CCC1CC(=O)OC. The van der Waals surface area contributed by atoms with Crippen LogP contribution in [0.1, 0.15) is 39.0 Å². The summed E-state index contributed by atoms with van der Waals surface area (Å²) in [7, 11) is -2.43. The fraction of sp³-hybridized carbons (Fsp3) is 0.615. The molecule has 1 atom stereocenters. The summed E-state index contributed by atoms with van der Waals surface area (Å²) < 4.78 is 29.4. The van der Waals surface area contributed by atoms with Crippen molar-refractivity contribution < 1.29 is 17.9 Å². The van der Waals surface area contributed by atoms with Crippen LogP contribution in [0.2, 0.25) is 0 Å². The van der Waals surface area contributed by atoms with Gasteiger partial charge in [-0.25, -0.2) is 5.14 Å². The highest BCUT2D eigenvalue weighted by molar-refractivity contribution is 7.87. The Balaban J connectivity index is 2.91. The first-order valence-electron chi connectivity index (χ1n) is 6.61. The van der Waals surface area contributed by atoms with Gasteiger partial charge in [0.2, 0.25) is 0 Å². The molecule has 0 aromatic carbocycles. The average molecular weight is 302 g/mol. The first-order valence-corrected chi connectivity index (χ1v) is 8.16. The quantitative estimate of drug-likeness (QED) is 0.548. The van der Waals surface area contributed by atoms with Gasteiger partial charge < -0.3 is 4.74 Å². The van der Waals surface area contributed by atoms with Gasteiger partial charge in [0.25, 0.3) is 10.2 Å². The number of carbonyl (C=O) groups is 1. The second-order valence-electron chi connectivity index (χ2n) is 4.75. The van der Waals surface area contributed by atoms with Crippen molar-refractivity contribution in [3.63, 3.8) is 0 Å². The Kier molecular flexibility index (Phi) is 6.22. The van der Waals surface area contributed by atoms with Crippen molar-refractivity contribution in [1.82, 2.24) is 4.72 Å². The second kappa shape index (κ2) is 7.44. The van der Waals surface area contributed by atoms with Gasteiger partial charge in [0.1, 0.15) is 0 Å². The number of ether oxygens (including phenoxy) is 1. The Labute approximate surface area is 120 Å². The molecule has 114 valence electrons. The molecule has 0 spiro atoms. The average Bonchev–Trinajstić information content (AvgIpc) is 2.70. The fourth-order valence-electron chi connectivity index (χ4n) is 2.36. The first kappa shape index (κ1) is 16.7. The molecular weight excluding hydrogens is 280 g/mol. The number of nitrogens with two attached hydrogens (primary N) is 1. The van der Waals surface area contributed by atoms with Crippen molar-refractivity contribution in [3.05, 3.63) is 23.4 Å². The molecule has 1 rings (SSSR count). The summed E-state index contributed by atoms with van der Waals surface area (Å²) in [5, 5.41) is 5.02. The Morgan fingerprint density at radius 1 is 1.50 bits per heavy atom. The highest BCUT2D eigenvalue weighted by atomic mass is 32.2. The van der Waals surface area contributed by atoms with E-state index in [1.54, 1.807) is 0 Å². The lowest BCUT2D eigenvalue weighted by Crippen LogP contribution is -2.30. The Hall–Kier alpha value is -1.34. The fourth-order valence-corrected chi connectivity index (χ4v) is 2.94. The lowest BCUT2D eigenvalue weighted by atomic mass is 9.95. The zero-order valence-corrected chi connectivity index (χ0v) is 12.7. The van der Waals surface area contributed by atoms with Crippen LogP contribution in [0.15, 0.2) is 23.4 Å². The van der Waals surface area contributed by atoms with Crippen molar-refractivity contribution in [2.45, 2.75) is 39.0 Å². The molecule has 7 heteroatoms. The standard InChI is InChI=1S/C13H22N2O4S/c1-3-4-5-6-11-10(9-13(16)19-2)7-8-12(11)15-20(14,17)18/h4-5,10,15H,3,6-9H2,1-2H3,(H2,14,17,18). The summed E-state index contributed by atoms with van der Waals surface area (Å²) in [6, 6.07) is 0. The molecule has 0 radical (unpaired) electrons. The first-order chi connectivity index (χ1) is 9.37. The van der Waals surface area contributed by atoms with E-state index in [1.165, 1.54) is 7.11 Å². The maximum Gasteiger partial charge on any atom is 0.306 e. The maximum atomic E-state index is 11.4. The minimum Gasteiger partial charge on any atom is -0.469 e. The van der Waals surface area contributed by atoms with Crippen molar-refractivity contribution in [3.8, 4) is 0 Å². The lowest BCUT2D eigenvalue weighted by Gasteiger charge is -2.13. The van der Waals surface area contributed by atoms with E-state index in [9.17, 15) is 13.2 Å². The summed E-state index contributed by atoms with van der Waals surface area (Å²) in [4.78, 5) is 11.4. The van der Waals surface area contributed by atoms with E-state index in [0.29, 0.717) is 18.5 Å². The van der Waals surface area contributed by atoms with E-state index in [-0.39, 0.29) is 18.3 Å². The molecule has 0 saturated heterocycles. The minimum atomic E-state index is -3.78. The van der Waals surface area contributed by atoms with Gasteiger partial charge in [0.05, 0.1) is 13.5 Å². The van der Waals surface area contributed by atoms with Crippen LogP contribution in [0.25, 0.3) is 0 Å². The summed E-state index contributed by atoms with van der Waals surface area (Å²) in [5.74, 6) is -0.281. The van der Waals surface area contributed by atoms with Gasteiger partial charge in [-0.05, 0) is 37.2 Å². The van der Waals surface area contributed by atoms with Gasteiger partial charge in [0, 0.05) is 5.70 Å². The van der Waals surface area contributed by atoms with Crippen molar-refractivity contribution >= 4 is 16.2 Å². The zero-order chi connectivity index (χ0) is 15.2. The van der Waals surface area contributed by atoms with Gasteiger partial charge in [-0.3, -0.25) is 9.52 Å². The molecule has 0 heterocycles. The molecule has 0 aromatic rings. The third kappa shape index (κ3) is 5.34. The van der Waals surface area contributed by atoms with Crippen molar-refractivity contribution in [2.24, 2.45) is 11.1 Å². The van der Waals surface area contributed by atoms with Gasteiger partial charge in [-0.1, -0.05) is 19.1 Å². The Bertz CT molecular complexity index is 508. The van der Waals surface area contributed by atoms with Crippen LogP contribution in [-0.2, 0) is 19.7 Å². The lowest BCUT2D eigenvalue weighted by molar-refractivity contribution is -0.141. The molecule has 0 aliphatic heterocycles. The minimum absolute atomic E-state index is 0.00760. The monoisotopic (exact) mass is 302 g/mol. The molecule has 0 saturated carbocycles. The van der Waals surface area contributed by atoms with Crippen LogP contribution < -0.4 is 9.86 Å². The smallest absolute Gasteiger partial charge is 0.306 e. The molecule has 0 amide bonds. The second-order valence-corrected chi connectivity index (χ2v) is 6.04. The molecule has 0 fully saturated rings. The molecular formula is C13H22N2O4S. The van der Waals surface area contributed by atoms with E-state index in [1.807, 2.05) is 19.1 Å². The van der Waals surface area contributed by atoms with Crippen LogP contribution in [0.5, 0.6) is 0 Å². The van der Waals surface area contributed by atoms with E-state index in [2.05, 4.69) is 9.46 Å². The summed E-state index contributed by atoms with van der Waals surface area (Å²) in [5.41, 5.74) is 1.54. The summed E-state index contributed by atoms with van der Waals surface area (Å²) in [6.07, 6.45) is 7.09. The van der Waals surface area contributed by atoms with Crippen molar-refractivity contribution in [1.29, 1.82) is 0 Å². The number of carbonyl (C=O) groups excluding carboxylic acids is 1. The number of hydrogen-bond acceptors (Lipinski definition) is 4. The van der Waals surface area contributed by atoms with Gasteiger partial charge >= 0.3 is 5.97 Å². The van der Waals surface area contributed by atoms with Crippen LogP contribution in [0.4, 0.5) is 0 Å². The topological polar surface area (TPSA) is 98.5 Å². The third-order valence-electron chi connectivity index (χ3n) is 3.27. The number of rotatable bonds is 7. The zero-order valence-electron chi connectivity index (χ0n) is 11.9. The van der Waals surface area contributed by atoms with E-state index >= 15 is 0 Å². The number of methoxy groups -OCH3 is 1. The van der Waals surface area contributed by atoms with Crippen LogP contribution in [0.3, 0.4) is 0 Å². The van der Waals surface area contributed by atoms with Gasteiger partial charge in [-0.15, -0.1) is 0 Å². The molecule has 1 unspecified atom stereocenters. The number of hydrogen-bond donors (Lipinski definition) is 2. The van der Waals surface area contributed by atoms with E-state index < -0.39 is 10.2 Å². The van der Waals surface area contributed by atoms with Crippen LogP contribution in [0, 0.1) is 5.92 Å². The number of allylic oxidation sites excluding steroid dienone is 4. The number of esters is 1. The van der Waals surface area contributed by atoms with E-state index in [4.69, 9.17) is 5.14 Å². The van der Waals surface area contributed by atoms with Gasteiger partial charge in [-0.2, -0.15) is 8.42 Å². The van der Waals surface area contributed by atoms with Crippen molar-refractivity contribution in [2.75, 3.05) is 7.11 Å². The maximum absolute atomic E-state index is 11.4. The molecule has 3 N–H and O–H groups in total. The molecule has 1 aliphatic rings. The highest BCUT2D eigenvalue weighted by Crippen LogP contribution is 2.35. The third-order valence-corrected chi connectivity index (χ3v) is 3.80. The molecule has 20 heavy (non-hydrogen) atoms.